The molecular weight excluding hydrogens is 242 g/mol. The van der Waals surface area contributed by atoms with Gasteiger partial charge in [-0.15, -0.1) is 0 Å². The standard InChI is InChI=1S/C14H17N3O2/c1-10-3-5-12(6-4-10)16-14(18)11(2)15-9-13-7-8-19-17-13/h3-8,11,15H,9H2,1-2H3,(H,16,18). The summed E-state index contributed by atoms with van der Waals surface area (Å²) >= 11 is 0. The minimum Gasteiger partial charge on any atom is -0.364 e. The lowest BCUT2D eigenvalue weighted by molar-refractivity contribution is -0.117. The molecule has 0 spiro atoms. The van der Waals surface area contributed by atoms with Crippen molar-refractivity contribution in [3.63, 3.8) is 0 Å². The molecule has 100 valence electrons. The van der Waals surface area contributed by atoms with E-state index >= 15 is 0 Å². The van der Waals surface area contributed by atoms with Gasteiger partial charge in [0.1, 0.15) is 6.26 Å². The van der Waals surface area contributed by atoms with Crippen LogP contribution in [0.2, 0.25) is 0 Å². The fraction of sp³-hybridized carbons (Fsp3) is 0.286. The van der Waals surface area contributed by atoms with Crippen LogP contribution >= 0.6 is 0 Å². The molecule has 0 saturated heterocycles. The Balaban J connectivity index is 1.83. The lowest BCUT2D eigenvalue weighted by Crippen LogP contribution is -2.37. The van der Waals surface area contributed by atoms with E-state index in [1.165, 1.54) is 6.26 Å². The summed E-state index contributed by atoms with van der Waals surface area (Å²) in [5.41, 5.74) is 2.73. The Morgan fingerprint density at radius 3 is 2.68 bits per heavy atom. The van der Waals surface area contributed by atoms with Crippen molar-refractivity contribution in [2.45, 2.75) is 26.4 Å². The van der Waals surface area contributed by atoms with Crippen molar-refractivity contribution in [1.29, 1.82) is 0 Å². The van der Waals surface area contributed by atoms with Crippen LogP contribution in [0.4, 0.5) is 5.69 Å². The van der Waals surface area contributed by atoms with Gasteiger partial charge in [0.2, 0.25) is 5.91 Å². The van der Waals surface area contributed by atoms with E-state index in [1.54, 1.807) is 6.07 Å². The van der Waals surface area contributed by atoms with Crippen LogP contribution in [-0.2, 0) is 11.3 Å². The number of benzene rings is 1. The van der Waals surface area contributed by atoms with Crippen LogP contribution in [0.15, 0.2) is 41.1 Å². The maximum atomic E-state index is 11.9. The minimum absolute atomic E-state index is 0.0765. The SMILES string of the molecule is Cc1ccc(NC(=O)C(C)NCc2ccon2)cc1. The highest BCUT2D eigenvalue weighted by Gasteiger charge is 2.12. The number of carbonyl (C=O) groups is 1. The number of rotatable bonds is 5. The third-order valence-electron chi connectivity index (χ3n) is 2.79. The van der Waals surface area contributed by atoms with Gasteiger partial charge < -0.3 is 15.2 Å². The Hall–Kier alpha value is -2.14. The molecule has 5 nitrogen and oxygen atoms in total. The molecule has 5 heteroatoms. The van der Waals surface area contributed by atoms with Crippen LogP contribution in [0.5, 0.6) is 0 Å². The number of hydrogen-bond acceptors (Lipinski definition) is 4. The van der Waals surface area contributed by atoms with Crippen molar-refractivity contribution in [1.82, 2.24) is 10.5 Å². The molecular formula is C14H17N3O2. The highest BCUT2D eigenvalue weighted by Crippen LogP contribution is 2.09. The van der Waals surface area contributed by atoms with Crippen LogP contribution in [0.1, 0.15) is 18.2 Å². The molecule has 1 aromatic heterocycles. The number of aromatic nitrogens is 1. The summed E-state index contributed by atoms with van der Waals surface area (Å²) < 4.78 is 4.72. The zero-order valence-corrected chi connectivity index (χ0v) is 11.0. The molecule has 0 bridgehead atoms. The van der Waals surface area contributed by atoms with Gasteiger partial charge in [0.15, 0.2) is 0 Å². The molecule has 0 radical (unpaired) electrons. The van der Waals surface area contributed by atoms with Crippen molar-refractivity contribution in [2.75, 3.05) is 5.32 Å². The number of aryl methyl sites for hydroxylation is 1. The van der Waals surface area contributed by atoms with Gasteiger partial charge in [0.05, 0.1) is 11.7 Å². The highest BCUT2D eigenvalue weighted by molar-refractivity contribution is 5.94. The van der Waals surface area contributed by atoms with E-state index in [1.807, 2.05) is 38.1 Å². The average Bonchev–Trinajstić information content (AvgIpc) is 2.91. The molecule has 1 heterocycles. The van der Waals surface area contributed by atoms with Gasteiger partial charge in [-0.2, -0.15) is 0 Å². The molecule has 1 amide bonds. The van der Waals surface area contributed by atoms with E-state index in [-0.39, 0.29) is 11.9 Å². The largest absolute Gasteiger partial charge is 0.364 e. The number of amides is 1. The predicted octanol–water partition coefficient (Wildman–Crippen LogP) is 2.10. The maximum absolute atomic E-state index is 11.9. The summed E-state index contributed by atoms with van der Waals surface area (Å²) in [5.74, 6) is -0.0765. The second-order valence-corrected chi connectivity index (χ2v) is 4.45. The van der Waals surface area contributed by atoms with Gasteiger partial charge in [0.25, 0.3) is 0 Å². The van der Waals surface area contributed by atoms with Crippen molar-refractivity contribution in [3.05, 3.63) is 47.9 Å². The summed E-state index contributed by atoms with van der Waals surface area (Å²) in [5, 5.41) is 9.71. The van der Waals surface area contributed by atoms with Gasteiger partial charge in [0, 0.05) is 18.3 Å². The second kappa shape index (κ2) is 6.15. The Kier molecular flexibility index (Phi) is 4.30. The summed E-state index contributed by atoms with van der Waals surface area (Å²) in [7, 11) is 0. The molecule has 2 N–H and O–H groups in total. The van der Waals surface area contributed by atoms with Crippen LogP contribution in [0.25, 0.3) is 0 Å². The van der Waals surface area contributed by atoms with Crippen LogP contribution in [0.3, 0.4) is 0 Å². The lowest BCUT2D eigenvalue weighted by Gasteiger charge is -2.13. The number of hydrogen-bond donors (Lipinski definition) is 2. The minimum atomic E-state index is -0.307. The second-order valence-electron chi connectivity index (χ2n) is 4.45. The van der Waals surface area contributed by atoms with Crippen molar-refractivity contribution >= 4 is 11.6 Å². The fourth-order valence-electron chi connectivity index (χ4n) is 1.57. The van der Waals surface area contributed by atoms with Gasteiger partial charge in [-0.3, -0.25) is 4.79 Å². The lowest BCUT2D eigenvalue weighted by atomic mass is 10.2. The number of anilines is 1. The molecule has 0 fully saturated rings. The predicted molar refractivity (Wildman–Crippen MR) is 72.6 cm³/mol. The Morgan fingerprint density at radius 2 is 2.05 bits per heavy atom. The molecule has 0 aliphatic rings. The van der Waals surface area contributed by atoms with E-state index in [0.717, 1.165) is 16.9 Å². The van der Waals surface area contributed by atoms with E-state index in [4.69, 9.17) is 4.52 Å². The normalized spacial score (nSPS) is 12.1. The van der Waals surface area contributed by atoms with Crippen LogP contribution in [0, 0.1) is 6.92 Å². The van der Waals surface area contributed by atoms with Gasteiger partial charge >= 0.3 is 0 Å². The Labute approximate surface area is 112 Å². The van der Waals surface area contributed by atoms with E-state index in [2.05, 4.69) is 15.8 Å². The van der Waals surface area contributed by atoms with Gasteiger partial charge in [-0.1, -0.05) is 22.9 Å². The Morgan fingerprint density at radius 1 is 1.32 bits per heavy atom. The first kappa shape index (κ1) is 13.3. The zero-order valence-electron chi connectivity index (χ0n) is 11.0. The van der Waals surface area contributed by atoms with Crippen molar-refractivity contribution in [3.8, 4) is 0 Å². The zero-order chi connectivity index (χ0) is 13.7. The molecule has 1 atom stereocenters. The molecule has 0 saturated carbocycles. The van der Waals surface area contributed by atoms with E-state index < -0.39 is 0 Å². The smallest absolute Gasteiger partial charge is 0.241 e. The first-order valence-corrected chi connectivity index (χ1v) is 6.15. The molecule has 2 aromatic rings. The fourth-order valence-corrected chi connectivity index (χ4v) is 1.57. The molecule has 0 aliphatic carbocycles. The van der Waals surface area contributed by atoms with Crippen LogP contribution < -0.4 is 10.6 Å². The third-order valence-corrected chi connectivity index (χ3v) is 2.79. The molecule has 1 aromatic carbocycles. The highest BCUT2D eigenvalue weighted by atomic mass is 16.5. The van der Waals surface area contributed by atoms with E-state index in [0.29, 0.717) is 6.54 Å². The van der Waals surface area contributed by atoms with Gasteiger partial charge in [-0.05, 0) is 26.0 Å². The first-order chi connectivity index (χ1) is 9.15. The van der Waals surface area contributed by atoms with Crippen molar-refractivity contribution in [2.24, 2.45) is 0 Å². The monoisotopic (exact) mass is 259 g/mol. The Bertz CT molecular complexity index is 520. The molecule has 1 unspecified atom stereocenters. The van der Waals surface area contributed by atoms with E-state index in [9.17, 15) is 4.79 Å². The topological polar surface area (TPSA) is 67.2 Å². The van der Waals surface area contributed by atoms with Gasteiger partial charge in [-0.25, -0.2) is 0 Å². The number of nitrogens with one attached hydrogen (secondary N) is 2. The molecule has 19 heavy (non-hydrogen) atoms. The quantitative estimate of drug-likeness (QED) is 0.863. The average molecular weight is 259 g/mol. The maximum Gasteiger partial charge on any atom is 0.241 e. The summed E-state index contributed by atoms with van der Waals surface area (Å²) in [6.45, 7) is 4.32. The number of nitrogens with zero attached hydrogens (tertiary/aromatic N) is 1. The number of carbonyl (C=O) groups excluding carboxylic acids is 1. The van der Waals surface area contributed by atoms with Crippen molar-refractivity contribution < 1.29 is 9.32 Å². The third kappa shape index (κ3) is 3.93. The van der Waals surface area contributed by atoms with Crippen LogP contribution in [-0.4, -0.2) is 17.1 Å². The molecule has 2 rings (SSSR count). The summed E-state index contributed by atoms with van der Waals surface area (Å²) in [6, 6.07) is 9.15. The summed E-state index contributed by atoms with van der Waals surface area (Å²) in [4.78, 5) is 11.9. The first-order valence-electron chi connectivity index (χ1n) is 6.15. The summed E-state index contributed by atoms with van der Waals surface area (Å²) in [6.07, 6.45) is 1.51. The molecule has 0 aliphatic heterocycles.